The van der Waals surface area contributed by atoms with E-state index in [2.05, 4.69) is 30.6 Å². The van der Waals surface area contributed by atoms with Crippen LogP contribution in [0.3, 0.4) is 0 Å². The van der Waals surface area contributed by atoms with Gasteiger partial charge in [0.25, 0.3) is 10.0 Å². The quantitative estimate of drug-likeness (QED) is 0.283. The van der Waals surface area contributed by atoms with Crippen molar-refractivity contribution in [1.82, 2.24) is 20.6 Å². The molecule has 2 aromatic carbocycles. The Bertz CT molecular complexity index is 1470. The van der Waals surface area contributed by atoms with Crippen molar-refractivity contribution in [2.75, 3.05) is 16.6 Å². The fraction of sp³-hybridized carbons (Fsp3) is 0.321. The van der Waals surface area contributed by atoms with Crippen LogP contribution in [-0.2, 0) is 30.8 Å². The number of amides is 3. The summed E-state index contributed by atoms with van der Waals surface area (Å²) in [6, 6.07) is 15.3. The first-order chi connectivity index (χ1) is 19.2. The standard InChI is InChI=1S/C28H34N6O6S/c1-18-15-19(2)31-26(30-18)34-41(38,39)22-13-11-21(12-14-22)32-24(35)17-29-25(36)23(16-20-9-7-6-8-10-20)33-27(37)40-28(3,4)5/h6-15,23H,16-17H2,1-5H3,(H,29,36)(H,32,35)(H,33,37)(H,30,31,34)/t23-/m0/s1. The molecule has 1 heterocycles. The largest absolute Gasteiger partial charge is 0.444 e. The third-order valence-corrected chi connectivity index (χ3v) is 6.71. The number of nitrogens with one attached hydrogen (secondary N) is 4. The molecule has 1 aromatic heterocycles. The van der Waals surface area contributed by atoms with E-state index in [4.69, 9.17) is 4.74 Å². The molecule has 4 N–H and O–H groups in total. The van der Waals surface area contributed by atoms with Crippen molar-refractivity contribution in [2.45, 2.75) is 57.6 Å². The highest BCUT2D eigenvalue weighted by atomic mass is 32.2. The normalized spacial score (nSPS) is 12.1. The van der Waals surface area contributed by atoms with Crippen LogP contribution in [-0.4, -0.2) is 54.5 Å². The van der Waals surface area contributed by atoms with E-state index in [1.165, 1.54) is 24.3 Å². The van der Waals surface area contributed by atoms with Gasteiger partial charge in [0, 0.05) is 23.5 Å². The summed E-state index contributed by atoms with van der Waals surface area (Å²) < 4.78 is 33.0. The number of rotatable bonds is 10. The summed E-state index contributed by atoms with van der Waals surface area (Å²) in [6.07, 6.45) is -0.573. The predicted octanol–water partition coefficient (Wildman–Crippen LogP) is 3.08. The van der Waals surface area contributed by atoms with Gasteiger partial charge in [-0.25, -0.2) is 27.9 Å². The fourth-order valence-electron chi connectivity index (χ4n) is 3.67. The number of aryl methyl sites for hydroxylation is 2. The smallest absolute Gasteiger partial charge is 0.408 e. The lowest BCUT2D eigenvalue weighted by molar-refractivity contribution is -0.125. The van der Waals surface area contributed by atoms with Gasteiger partial charge >= 0.3 is 6.09 Å². The summed E-state index contributed by atoms with van der Waals surface area (Å²) in [5.41, 5.74) is 1.61. The number of ether oxygens (including phenoxy) is 1. The van der Waals surface area contributed by atoms with E-state index < -0.39 is 39.6 Å². The van der Waals surface area contributed by atoms with Gasteiger partial charge in [0.15, 0.2) is 0 Å². The first-order valence-electron chi connectivity index (χ1n) is 12.8. The van der Waals surface area contributed by atoms with Crippen LogP contribution in [0.4, 0.5) is 16.4 Å². The molecule has 1 atom stereocenters. The zero-order chi connectivity index (χ0) is 30.2. The van der Waals surface area contributed by atoms with Crippen molar-refractivity contribution in [3.8, 4) is 0 Å². The Morgan fingerprint density at radius 2 is 1.54 bits per heavy atom. The summed E-state index contributed by atoms with van der Waals surface area (Å²) in [5.74, 6) is -1.16. The Morgan fingerprint density at radius 1 is 0.927 bits per heavy atom. The fourth-order valence-corrected chi connectivity index (χ4v) is 4.62. The van der Waals surface area contributed by atoms with Gasteiger partial charge in [0.1, 0.15) is 11.6 Å². The van der Waals surface area contributed by atoms with Crippen LogP contribution in [0.25, 0.3) is 0 Å². The number of carbonyl (C=O) groups excluding carboxylic acids is 3. The van der Waals surface area contributed by atoms with Gasteiger partial charge in [-0.2, -0.15) is 0 Å². The van der Waals surface area contributed by atoms with Gasteiger partial charge < -0.3 is 20.7 Å². The van der Waals surface area contributed by atoms with Gasteiger partial charge in [0.05, 0.1) is 11.4 Å². The molecular weight excluding hydrogens is 548 g/mol. The van der Waals surface area contributed by atoms with Crippen LogP contribution in [0, 0.1) is 13.8 Å². The molecular formula is C28H34N6O6S. The highest BCUT2D eigenvalue weighted by Gasteiger charge is 2.25. The third kappa shape index (κ3) is 10.2. The first-order valence-corrected chi connectivity index (χ1v) is 14.2. The molecule has 0 unspecified atom stereocenters. The second-order valence-electron chi connectivity index (χ2n) is 10.3. The van der Waals surface area contributed by atoms with E-state index in [1.807, 2.05) is 30.3 Å². The number of aromatic nitrogens is 2. The molecule has 41 heavy (non-hydrogen) atoms. The minimum Gasteiger partial charge on any atom is -0.444 e. The predicted molar refractivity (Wildman–Crippen MR) is 154 cm³/mol. The van der Waals surface area contributed by atoms with Crippen LogP contribution in [0.5, 0.6) is 0 Å². The van der Waals surface area contributed by atoms with Crippen LogP contribution in [0.2, 0.25) is 0 Å². The van der Waals surface area contributed by atoms with Crippen LogP contribution < -0.4 is 20.7 Å². The number of hydrogen-bond donors (Lipinski definition) is 4. The average molecular weight is 583 g/mol. The molecule has 0 aliphatic carbocycles. The lowest BCUT2D eigenvalue weighted by atomic mass is 10.1. The molecule has 0 aliphatic heterocycles. The van der Waals surface area contributed by atoms with Crippen LogP contribution >= 0.6 is 0 Å². The van der Waals surface area contributed by atoms with Crippen molar-refractivity contribution < 1.29 is 27.5 Å². The van der Waals surface area contributed by atoms with E-state index in [1.54, 1.807) is 40.7 Å². The highest BCUT2D eigenvalue weighted by Crippen LogP contribution is 2.17. The maximum atomic E-state index is 12.9. The van der Waals surface area contributed by atoms with E-state index in [0.717, 1.165) is 5.56 Å². The summed E-state index contributed by atoms with van der Waals surface area (Å²) in [7, 11) is -3.96. The summed E-state index contributed by atoms with van der Waals surface area (Å²) in [4.78, 5) is 45.9. The number of hydrogen-bond acceptors (Lipinski definition) is 8. The monoisotopic (exact) mass is 582 g/mol. The van der Waals surface area contributed by atoms with Crippen molar-refractivity contribution >= 4 is 39.6 Å². The molecule has 13 heteroatoms. The zero-order valence-corrected chi connectivity index (χ0v) is 24.3. The molecule has 0 saturated heterocycles. The highest BCUT2D eigenvalue weighted by molar-refractivity contribution is 7.92. The minimum absolute atomic E-state index is 0.0395. The number of benzene rings is 2. The average Bonchev–Trinajstić information content (AvgIpc) is 2.86. The Balaban J connectivity index is 1.59. The molecule has 0 bridgehead atoms. The number of carbonyl (C=O) groups is 3. The molecule has 218 valence electrons. The Kier molecular flexibility index (Phi) is 10.0. The number of nitrogens with zero attached hydrogens (tertiary/aromatic N) is 2. The SMILES string of the molecule is Cc1cc(C)nc(NS(=O)(=O)c2ccc(NC(=O)CNC(=O)[C@H](Cc3ccccc3)NC(=O)OC(C)(C)C)cc2)n1. The van der Waals surface area contributed by atoms with Crippen LogP contribution in [0.1, 0.15) is 37.7 Å². The minimum atomic E-state index is -3.96. The molecule has 3 rings (SSSR count). The number of anilines is 2. The van der Waals surface area contributed by atoms with E-state index >= 15 is 0 Å². The second kappa shape index (κ2) is 13.2. The van der Waals surface area contributed by atoms with Crippen LogP contribution in [0.15, 0.2) is 65.6 Å². The third-order valence-electron chi connectivity index (χ3n) is 5.37. The topological polar surface area (TPSA) is 168 Å². The van der Waals surface area contributed by atoms with Crippen molar-refractivity contribution in [3.05, 3.63) is 77.6 Å². The molecule has 3 amide bonds. The summed E-state index contributed by atoms with van der Waals surface area (Å²) >= 11 is 0. The van der Waals surface area contributed by atoms with Crippen molar-refractivity contribution in [3.63, 3.8) is 0 Å². The zero-order valence-electron chi connectivity index (χ0n) is 23.5. The van der Waals surface area contributed by atoms with Crippen molar-refractivity contribution in [2.24, 2.45) is 0 Å². The Morgan fingerprint density at radius 3 is 2.12 bits per heavy atom. The Labute approximate surface area is 239 Å². The summed E-state index contributed by atoms with van der Waals surface area (Å²) in [6.45, 7) is 8.20. The molecule has 0 radical (unpaired) electrons. The van der Waals surface area contributed by atoms with E-state index in [9.17, 15) is 22.8 Å². The number of sulfonamides is 1. The van der Waals surface area contributed by atoms with Gasteiger partial charge in [0.2, 0.25) is 17.8 Å². The van der Waals surface area contributed by atoms with Crippen molar-refractivity contribution in [1.29, 1.82) is 0 Å². The maximum Gasteiger partial charge on any atom is 0.408 e. The lowest BCUT2D eigenvalue weighted by Crippen LogP contribution is -2.50. The van der Waals surface area contributed by atoms with Gasteiger partial charge in [-0.05, 0) is 70.5 Å². The molecule has 0 fully saturated rings. The van der Waals surface area contributed by atoms with Gasteiger partial charge in [-0.15, -0.1) is 0 Å². The first kappa shape index (κ1) is 31.0. The molecule has 0 saturated carbocycles. The maximum absolute atomic E-state index is 12.9. The van der Waals surface area contributed by atoms with Gasteiger partial charge in [-0.1, -0.05) is 30.3 Å². The Hall–Kier alpha value is -4.52. The van der Waals surface area contributed by atoms with Gasteiger partial charge in [-0.3, -0.25) is 9.59 Å². The van der Waals surface area contributed by atoms with E-state index in [0.29, 0.717) is 17.1 Å². The lowest BCUT2D eigenvalue weighted by Gasteiger charge is -2.23. The molecule has 0 spiro atoms. The molecule has 0 aliphatic rings. The van der Waals surface area contributed by atoms with E-state index in [-0.39, 0.29) is 23.8 Å². The summed E-state index contributed by atoms with van der Waals surface area (Å²) in [5, 5.41) is 7.68. The molecule has 3 aromatic rings. The number of alkyl carbamates (subject to hydrolysis) is 1. The second-order valence-corrected chi connectivity index (χ2v) is 11.9. The molecule has 12 nitrogen and oxygen atoms in total.